The predicted molar refractivity (Wildman–Crippen MR) is 72.6 cm³/mol. The second-order valence-corrected chi connectivity index (χ2v) is 5.89. The molecule has 0 spiro atoms. The summed E-state index contributed by atoms with van der Waals surface area (Å²) in [7, 11) is 0. The van der Waals surface area contributed by atoms with Crippen LogP contribution in [0, 0.1) is 5.92 Å². The van der Waals surface area contributed by atoms with Crippen molar-refractivity contribution in [2.24, 2.45) is 5.92 Å². The highest BCUT2D eigenvalue weighted by atomic mass is 16.2. The Kier molecular flexibility index (Phi) is 3.03. The van der Waals surface area contributed by atoms with Crippen molar-refractivity contribution in [2.75, 3.05) is 6.54 Å². The van der Waals surface area contributed by atoms with Crippen molar-refractivity contribution in [3.8, 4) is 0 Å². The summed E-state index contributed by atoms with van der Waals surface area (Å²) in [5, 5.41) is 7.09. The topological polar surface area (TPSA) is 67.2 Å². The largest absolute Gasteiger partial charge is 0.340 e. The summed E-state index contributed by atoms with van der Waals surface area (Å²) in [5.41, 5.74) is 0.254. The molecule has 2 amide bonds. The van der Waals surface area contributed by atoms with Gasteiger partial charge in [-0.05, 0) is 32.6 Å². The van der Waals surface area contributed by atoms with E-state index in [1.54, 1.807) is 11.1 Å². The molecule has 1 aromatic rings. The number of nitrogens with zero attached hydrogens (tertiary/aromatic N) is 3. The van der Waals surface area contributed by atoms with Gasteiger partial charge in [0.1, 0.15) is 5.54 Å². The molecule has 1 aliphatic carbocycles. The van der Waals surface area contributed by atoms with Crippen molar-refractivity contribution >= 4 is 11.8 Å². The second-order valence-electron chi connectivity index (χ2n) is 5.89. The molecule has 1 N–H and O–H groups in total. The number of amides is 2. The SMILES string of the molecule is CCn1cc(CN2CC(=O)NC(C)(C3CC3)C2=O)cn1. The fraction of sp³-hybridized carbons (Fsp3) is 0.643. The standard InChI is InChI=1S/C14H20N4O2/c1-3-18-8-10(6-15-18)7-17-9-12(19)16-14(2,13(17)20)11-4-5-11/h6,8,11H,3-5,7,9H2,1-2H3,(H,16,19). The van der Waals surface area contributed by atoms with Crippen molar-refractivity contribution in [3.05, 3.63) is 18.0 Å². The van der Waals surface area contributed by atoms with Crippen LogP contribution in [0.15, 0.2) is 12.4 Å². The molecular formula is C14H20N4O2. The van der Waals surface area contributed by atoms with Gasteiger partial charge < -0.3 is 10.2 Å². The minimum atomic E-state index is -0.712. The number of carbonyl (C=O) groups is 2. The van der Waals surface area contributed by atoms with Crippen molar-refractivity contribution in [3.63, 3.8) is 0 Å². The van der Waals surface area contributed by atoms with E-state index in [1.165, 1.54) is 0 Å². The van der Waals surface area contributed by atoms with E-state index >= 15 is 0 Å². The van der Waals surface area contributed by atoms with Crippen molar-refractivity contribution in [1.29, 1.82) is 0 Å². The van der Waals surface area contributed by atoms with Gasteiger partial charge >= 0.3 is 0 Å². The van der Waals surface area contributed by atoms with Crippen LogP contribution in [-0.4, -0.2) is 38.6 Å². The van der Waals surface area contributed by atoms with E-state index in [2.05, 4.69) is 10.4 Å². The molecule has 1 saturated carbocycles. The molecule has 1 atom stereocenters. The van der Waals surface area contributed by atoms with Gasteiger partial charge in [0.2, 0.25) is 11.8 Å². The number of aryl methyl sites for hydroxylation is 1. The van der Waals surface area contributed by atoms with Crippen LogP contribution in [0.5, 0.6) is 0 Å². The zero-order valence-corrected chi connectivity index (χ0v) is 11.9. The minimum absolute atomic E-state index is 0.0313. The molecule has 6 heteroatoms. The third-order valence-corrected chi connectivity index (χ3v) is 4.24. The van der Waals surface area contributed by atoms with Crippen LogP contribution in [0.1, 0.15) is 32.3 Å². The van der Waals surface area contributed by atoms with Crippen LogP contribution in [0.2, 0.25) is 0 Å². The number of nitrogens with one attached hydrogen (secondary N) is 1. The first-order valence-corrected chi connectivity index (χ1v) is 7.14. The first-order valence-electron chi connectivity index (χ1n) is 7.14. The third-order valence-electron chi connectivity index (χ3n) is 4.24. The molecule has 108 valence electrons. The molecule has 1 aromatic heterocycles. The second kappa shape index (κ2) is 4.61. The van der Waals surface area contributed by atoms with Gasteiger partial charge in [-0.25, -0.2) is 0 Å². The summed E-state index contributed by atoms with van der Waals surface area (Å²) in [6.45, 7) is 5.26. The van der Waals surface area contributed by atoms with E-state index in [9.17, 15) is 9.59 Å². The maximum Gasteiger partial charge on any atom is 0.249 e. The van der Waals surface area contributed by atoms with Gasteiger partial charge in [-0.3, -0.25) is 14.3 Å². The van der Waals surface area contributed by atoms with Gasteiger partial charge in [0.15, 0.2) is 0 Å². The van der Waals surface area contributed by atoms with Crippen LogP contribution in [0.3, 0.4) is 0 Å². The van der Waals surface area contributed by atoms with E-state index in [1.807, 2.05) is 24.7 Å². The van der Waals surface area contributed by atoms with E-state index < -0.39 is 5.54 Å². The van der Waals surface area contributed by atoms with Crippen LogP contribution >= 0.6 is 0 Å². The number of aromatic nitrogens is 2. The van der Waals surface area contributed by atoms with E-state index in [-0.39, 0.29) is 18.4 Å². The number of carbonyl (C=O) groups excluding carboxylic acids is 2. The van der Waals surface area contributed by atoms with E-state index in [0.717, 1.165) is 24.9 Å². The van der Waals surface area contributed by atoms with Crippen molar-refractivity contribution in [1.82, 2.24) is 20.0 Å². The zero-order valence-electron chi connectivity index (χ0n) is 11.9. The first kappa shape index (κ1) is 13.1. The van der Waals surface area contributed by atoms with E-state index in [4.69, 9.17) is 0 Å². The molecule has 0 bridgehead atoms. The Bertz CT molecular complexity index is 549. The summed E-state index contributed by atoms with van der Waals surface area (Å²) in [4.78, 5) is 26.2. The van der Waals surface area contributed by atoms with Crippen LogP contribution < -0.4 is 5.32 Å². The van der Waals surface area contributed by atoms with Gasteiger partial charge in [0, 0.05) is 24.8 Å². The number of piperazine rings is 1. The molecule has 0 aromatic carbocycles. The minimum Gasteiger partial charge on any atom is -0.340 e. The van der Waals surface area contributed by atoms with Gasteiger partial charge in [-0.15, -0.1) is 0 Å². The molecule has 6 nitrogen and oxygen atoms in total. The lowest BCUT2D eigenvalue weighted by molar-refractivity contribution is -0.150. The van der Waals surface area contributed by atoms with Crippen LogP contribution in [-0.2, 0) is 22.7 Å². The zero-order chi connectivity index (χ0) is 14.3. The Hall–Kier alpha value is -1.85. The van der Waals surface area contributed by atoms with Gasteiger partial charge in [0.05, 0.1) is 12.7 Å². The summed E-state index contributed by atoms with van der Waals surface area (Å²) < 4.78 is 1.82. The fourth-order valence-corrected chi connectivity index (χ4v) is 2.90. The van der Waals surface area contributed by atoms with Crippen molar-refractivity contribution < 1.29 is 9.59 Å². The molecule has 2 aliphatic rings. The third kappa shape index (κ3) is 2.19. The molecule has 20 heavy (non-hydrogen) atoms. The van der Waals surface area contributed by atoms with Crippen LogP contribution in [0.4, 0.5) is 0 Å². The predicted octanol–water partition coefficient (Wildman–Crippen LogP) is 0.530. The quantitative estimate of drug-likeness (QED) is 0.872. The number of hydrogen-bond donors (Lipinski definition) is 1. The summed E-state index contributed by atoms with van der Waals surface area (Å²) in [6, 6.07) is 0. The van der Waals surface area contributed by atoms with Gasteiger partial charge in [-0.2, -0.15) is 5.10 Å². The average molecular weight is 276 g/mol. The van der Waals surface area contributed by atoms with Gasteiger partial charge in [0.25, 0.3) is 0 Å². The Morgan fingerprint density at radius 2 is 2.20 bits per heavy atom. The highest BCUT2D eigenvalue weighted by Gasteiger charge is 2.52. The maximum atomic E-state index is 12.6. The van der Waals surface area contributed by atoms with Gasteiger partial charge in [-0.1, -0.05) is 0 Å². The Morgan fingerprint density at radius 3 is 2.80 bits per heavy atom. The highest BCUT2D eigenvalue weighted by molar-refractivity contribution is 5.98. The molecule has 1 saturated heterocycles. The molecule has 3 rings (SSSR count). The molecular weight excluding hydrogens is 256 g/mol. The normalized spacial score (nSPS) is 26.8. The summed E-state index contributed by atoms with van der Waals surface area (Å²) >= 11 is 0. The number of hydrogen-bond acceptors (Lipinski definition) is 3. The van der Waals surface area contributed by atoms with Crippen LogP contribution in [0.25, 0.3) is 0 Å². The Labute approximate surface area is 118 Å². The molecule has 1 aliphatic heterocycles. The number of rotatable bonds is 4. The monoisotopic (exact) mass is 276 g/mol. The highest BCUT2D eigenvalue weighted by Crippen LogP contribution is 2.41. The molecule has 2 heterocycles. The van der Waals surface area contributed by atoms with Crippen molar-refractivity contribution in [2.45, 2.75) is 45.3 Å². The Balaban J connectivity index is 1.77. The lowest BCUT2D eigenvalue weighted by Crippen LogP contribution is -2.66. The lowest BCUT2D eigenvalue weighted by atomic mass is 9.91. The maximum absolute atomic E-state index is 12.6. The lowest BCUT2D eigenvalue weighted by Gasteiger charge is -2.40. The molecule has 1 unspecified atom stereocenters. The summed E-state index contributed by atoms with van der Waals surface area (Å²) in [6.07, 6.45) is 5.72. The molecule has 2 fully saturated rings. The van der Waals surface area contributed by atoms with E-state index in [0.29, 0.717) is 12.5 Å². The smallest absolute Gasteiger partial charge is 0.249 e. The summed E-state index contributed by atoms with van der Waals surface area (Å²) in [5.74, 6) is 0.255. The average Bonchev–Trinajstić information content (AvgIpc) is 3.17. The first-order chi connectivity index (χ1) is 9.53. The Morgan fingerprint density at radius 1 is 1.45 bits per heavy atom. The fourth-order valence-electron chi connectivity index (χ4n) is 2.90. The molecule has 0 radical (unpaired) electrons.